The molecule has 2 aromatic carbocycles. The van der Waals surface area contributed by atoms with Crippen LogP contribution < -0.4 is 0 Å². The van der Waals surface area contributed by atoms with E-state index in [1.165, 1.54) is 11.3 Å². The molecular formula is C16H11F2NOS. The highest BCUT2D eigenvalue weighted by Gasteiger charge is 2.47. The van der Waals surface area contributed by atoms with E-state index >= 15 is 0 Å². The molecule has 1 aliphatic rings. The second-order valence-electron chi connectivity index (χ2n) is 5.22. The summed E-state index contributed by atoms with van der Waals surface area (Å²) in [6.45, 7) is 0. The first-order chi connectivity index (χ1) is 10.1. The van der Waals surface area contributed by atoms with Gasteiger partial charge in [-0.2, -0.15) is 0 Å². The van der Waals surface area contributed by atoms with Gasteiger partial charge in [0.05, 0.1) is 15.7 Å². The number of halogens is 2. The number of aliphatic hydroxyl groups is 1. The lowest BCUT2D eigenvalue weighted by molar-refractivity contribution is -0.0966. The van der Waals surface area contributed by atoms with Gasteiger partial charge in [0.1, 0.15) is 6.10 Å². The van der Waals surface area contributed by atoms with Crippen LogP contribution in [0.5, 0.6) is 0 Å². The maximum Gasteiger partial charge on any atom is 0.281 e. The van der Waals surface area contributed by atoms with Gasteiger partial charge >= 0.3 is 0 Å². The van der Waals surface area contributed by atoms with Gasteiger partial charge in [-0.1, -0.05) is 30.3 Å². The second-order valence-corrected chi connectivity index (χ2v) is 6.08. The zero-order valence-corrected chi connectivity index (χ0v) is 11.7. The maximum atomic E-state index is 13.8. The molecule has 0 radical (unpaired) electrons. The topological polar surface area (TPSA) is 33.1 Å². The van der Waals surface area contributed by atoms with Crippen LogP contribution in [0.2, 0.25) is 0 Å². The molecular weight excluding hydrogens is 292 g/mol. The summed E-state index contributed by atoms with van der Waals surface area (Å²) >= 11 is 1.48. The summed E-state index contributed by atoms with van der Waals surface area (Å²) in [6.07, 6.45) is -2.15. The van der Waals surface area contributed by atoms with Crippen molar-refractivity contribution >= 4 is 21.6 Å². The van der Waals surface area contributed by atoms with E-state index in [0.717, 1.165) is 15.8 Å². The molecule has 0 saturated heterocycles. The highest BCUT2D eigenvalue weighted by atomic mass is 32.1. The number of rotatable bonds is 1. The van der Waals surface area contributed by atoms with Crippen molar-refractivity contribution in [3.8, 4) is 11.1 Å². The molecule has 0 aliphatic heterocycles. The first-order valence-electron chi connectivity index (χ1n) is 6.58. The Morgan fingerprint density at radius 3 is 2.76 bits per heavy atom. The van der Waals surface area contributed by atoms with Crippen LogP contribution in [0.4, 0.5) is 8.78 Å². The van der Waals surface area contributed by atoms with Gasteiger partial charge < -0.3 is 5.11 Å². The number of fused-ring (bicyclic) bond motifs is 2. The highest BCUT2D eigenvalue weighted by molar-refractivity contribution is 7.17. The second kappa shape index (κ2) is 4.32. The fourth-order valence-electron chi connectivity index (χ4n) is 2.98. The lowest BCUT2D eigenvalue weighted by Crippen LogP contribution is -2.21. The largest absolute Gasteiger partial charge is 0.382 e. The number of benzene rings is 2. The van der Waals surface area contributed by atoms with Crippen LogP contribution in [0.25, 0.3) is 21.3 Å². The van der Waals surface area contributed by atoms with Crippen molar-refractivity contribution in [1.82, 2.24) is 4.98 Å². The predicted molar refractivity (Wildman–Crippen MR) is 78.7 cm³/mol. The summed E-state index contributed by atoms with van der Waals surface area (Å²) < 4.78 is 28.6. The van der Waals surface area contributed by atoms with Gasteiger partial charge in [0.2, 0.25) is 0 Å². The average molecular weight is 303 g/mol. The Balaban J connectivity index is 2.00. The molecule has 2 nitrogen and oxygen atoms in total. The summed E-state index contributed by atoms with van der Waals surface area (Å²) in [5.74, 6) is -3.10. The monoisotopic (exact) mass is 303 g/mol. The molecule has 1 atom stereocenters. The van der Waals surface area contributed by atoms with Crippen LogP contribution in [-0.2, 0) is 6.42 Å². The zero-order valence-electron chi connectivity index (χ0n) is 10.9. The third kappa shape index (κ3) is 1.81. The number of alkyl halides is 2. The minimum atomic E-state index is -3.10. The molecule has 5 heteroatoms. The third-order valence-electron chi connectivity index (χ3n) is 3.94. The lowest BCUT2D eigenvalue weighted by Gasteiger charge is -2.16. The van der Waals surface area contributed by atoms with Crippen LogP contribution in [0.15, 0.2) is 41.9 Å². The Kier molecular flexibility index (Phi) is 2.65. The van der Waals surface area contributed by atoms with E-state index in [4.69, 9.17) is 0 Å². The minimum Gasteiger partial charge on any atom is -0.382 e. The Hall–Kier alpha value is -1.85. The minimum absolute atomic E-state index is 0.350. The van der Waals surface area contributed by atoms with Crippen molar-refractivity contribution in [1.29, 1.82) is 0 Å². The summed E-state index contributed by atoms with van der Waals surface area (Å²) in [4.78, 5) is 4.25. The Morgan fingerprint density at radius 1 is 1.14 bits per heavy atom. The standard InChI is InChI=1S/C16H11F2NOS/c17-16(18)7-9-3-1-4-10(13(9)15(16)20)11-5-2-6-12-14(11)21-8-19-12/h1-6,8,15,20H,7H2. The van der Waals surface area contributed by atoms with Gasteiger partial charge in [0.25, 0.3) is 5.92 Å². The molecule has 3 aromatic rings. The van der Waals surface area contributed by atoms with E-state index in [2.05, 4.69) is 4.98 Å². The molecule has 0 saturated carbocycles. The molecule has 106 valence electrons. The first-order valence-corrected chi connectivity index (χ1v) is 7.46. The Labute approximate surface area is 123 Å². The molecule has 0 bridgehead atoms. The van der Waals surface area contributed by atoms with Crippen molar-refractivity contribution in [3.63, 3.8) is 0 Å². The van der Waals surface area contributed by atoms with Crippen LogP contribution >= 0.6 is 11.3 Å². The van der Waals surface area contributed by atoms with Gasteiger partial charge in [-0.25, -0.2) is 13.8 Å². The maximum absolute atomic E-state index is 13.8. The van der Waals surface area contributed by atoms with Gasteiger partial charge in [-0.3, -0.25) is 0 Å². The average Bonchev–Trinajstić information content (AvgIpc) is 3.02. The summed E-state index contributed by atoms with van der Waals surface area (Å²) in [7, 11) is 0. The molecule has 1 N–H and O–H groups in total. The molecule has 0 fully saturated rings. The van der Waals surface area contributed by atoms with Crippen molar-refractivity contribution in [3.05, 3.63) is 53.0 Å². The highest BCUT2D eigenvalue weighted by Crippen LogP contribution is 2.48. The van der Waals surface area contributed by atoms with E-state index in [-0.39, 0.29) is 0 Å². The van der Waals surface area contributed by atoms with E-state index in [1.54, 1.807) is 23.7 Å². The molecule has 1 aliphatic carbocycles. The van der Waals surface area contributed by atoms with Gasteiger partial charge in [0.15, 0.2) is 0 Å². The summed E-state index contributed by atoms with van der Waals surface area (Å²) in [5, 5.41) is 10.0. The van der Waals surface area contributed by atoms with E-state index in [9.17, 15) is 13.9 Å². The number of aromatic nitrogens is 1. The molecule has 1 unspecified atom stereocenters. The van der Waals surface area contributed by atoms with E-state index in [1.807, 2.05) is 18.2 Å². The number of hydrogen-bond donors (Lipinski definition) is 1. The number of hydrogen-bond acceptors (Lipinski definition) is 3. The molecule has 0 amide bonds. The number of thiazole rings is 1. The van der Waals surface area contributed by atoms with Crippen LogP contribution in [0, 0.1) is 0 Å². The van der Waals surface area contributed by atoms with E-state index in [0.29, 0.717) is 16.7 Å². The Bertz CT molecular complexity index is 843. The van der Waals surface area contributed by atoms with E-state index < -0.39 is 18.4 Å². The van der Waals surface area contributed by atoms with Gasteiger partial charge in [-0.15, -0.1) is 11.3 Å². The van der Waals surface area contributed by atoms with Gasteiger partial charge in [-0.05, 0) is 22.8 Å². The van der Waals surface area contributed by atoms with Crippen molar-refractivity contribution in [2.45, 2.75) is 18.4 Å². The SMILES string of the molecule is OC1c2c(cccc2-c2cccc3ncsc23)CC1(F)F. The van der Waals surface area contributed by atoms with Crippen LogP contribution in [0.1, 0.15) is 17.2 Å². The molecule has 1 aromatic heterocycles. The third-order valence-corrected chi connectivity index (χ3v) is 4.82. The quantitative estimate of drug-likeness (QED) is 0.731. The summed E-state index contributed by atoms with van der Waals surface area (Å²) in [6, 6.07) is 10.9. The lowest BCUT2D eigenvalue weighted by atomic mass is 9.95. The predicted octanol–water partition coefficient (Wildman–Crippen LogP) is 4.19. The van der Waals surface area contributed by atoms with Gasteiger partial charge in [0, 0.05) is 12.0 Å². The molecule has 4 rings (SSSR count). The smallest absolute Gasteiger partial charge is 0.281 e. The van der Waals surface area contributed by atoms with Crippen molar-refractivity contribution < 1.29 is 13.9 Å². The summed E-state index contributed by atoms with van der Waals surface area (Å²) in [5.41, 5.74) is 4.97. The Morgan fingerprint density at radius 2 is 1.90 bits per heavy atom. The normalized spacial score (nSPS) is 19.9. The van der Waals surface area contributed by atoms with Crippen molar-refractivity contribution in [2.75, 3.05) is 0 Å². The fourth-order valence-corrected chi connectivity index (χ4v) is 3.80. The molecule has 21 heavy (non-hydrogen) atoms. The fraction of sp³-hybridized carbons (Fsp3) is 0.188. The van der Waals surface area contributed by atoms with Crippen LogP contribution in [-0.4, -0.2) is 16.0 Å². The van der Waals surface area contributed by atoms with Crippen molar-refractivity contribution in [2.24, 2.45) is 0 Å². The zero-order chi connectivity index (χ0) is 14.6. The number of nitrogens with zero attached hydrogens (tertiary/aromatic N) is 1. The molecule has 0 spiro atoms. The molecule has 1 heterocycles. The van der Waals surface area contributed by atoms with Crippen LogP contribution in [0.3, 0.4) is 0 Å². The first kappa shape index (κ1) is 12.9. The number of aliphatic hydroxyl groups excluding tert-OH is 1.